The summed E-state index contributed by atoms with van der Waals surface area (Å²) in [5.41, 5.74) is 0.783. The van der Waals surface area contributed by atoms with Gasteiger partial charge in [0.25, 0.3) is 0 Å². The number of hydrogen-bond acceptors (Lipinski definition) is 4. The van der Waals surface area contributed by atoms with Crippen LogP contribution in [0.2, 0.25) is 0 Å². The first kappa shape index (κ1) is 10.6. The van der Waals surface area contributed by atoms with Gasteiger partial charge >= 0.3 is 0 Å². The summed E-state index contributed by atoms with van der Waals surface area (Å²) in [5, 5.41) is 0. The van der Waals surface area contributed by atoms with Crippen molar-refractivity contribution in [2.45, 2.75) is 6.92 Å². The summed E-state index contributed by atoms with van der Waals surface area (Å²) in [7, 11) is 0. The molecular formula is C13H8N2O3. The molecule has 0 fully saturated rings. The van der Waals surface area contributed by atoms with Gasteiger partial charge < -0.3 is 4.98 Å². The van der Waals surface area contributed by atoms with Crippen LogP contribution >= 0.6 is 0 Å². The van der Waals surface area contributed by atoms with E-state index >= 15 is 0 Å². The van der Waals surface area contributed by atoms with Crippen molar-refractivity contribution in [3.63, 3.8) is 0 Å². The Hall–Kier alpha value is -2.56. The van der Waals surface area contributed by atoms with Crippen molar-refractivity contribution in [3.8, 4) is 0 Å². The quantitative estimate of drug-likeness (QED) is 0.631. The maximum Gasteiger partial charge on any atom is 0.248 e. The molecule has 1 aliphatic carbocycles. The molecule has 2 heterocycles. The van der Waals surface area contributed by atoms with Gasteiger partial charge in [-0.05, 0) is 24.6 Å². The van der Waals surface area contributed by atoms with E-state index in [1.807, 2.05) is 0 Å². The molecule has 0 aromatic carbocycles. The SMILES string of the molecule is Cc1cc(=O)[nH]c2c1C(=O)c1cccnc1C2=O. The predicted molar refractivity (Wildman–Crippen MR) is 62.9 cm³/mol. The number of carbonyl (C=O) groups is 2. The zero-order chi connectivity index (χ0) is 12.9. The molecule has 2 aromatic rings. The molecule has 1 aliphatic rings. The van der Waals surface area contributed by atoms with Crippen LogP contribution in [0.25, 0.3) is 0 Å². The lowest BCUT2D eigenvalue weighted by atomic mass is 9.88. The smallest absolute Gasteiger partial charge is 0.248 e. The fourth-order valence-electron chi connectivity index (χ4n) is 2.17. The first-order valence-electron chi connectivity index (χ1n) is 5.38. The highest BCUT2D eigenvalue weighted by Crippen LogP contribution is 2.25. The number of rotatable bonds is 0. The van der Waals surface area contributed by atoms with E-state index < -0.39 is 11.3 Å². The Labute approximate surface area is 102 Å². The fourth-order valence-corrected chi connectivity index (χ4v) is 2.17. The van der Waals surface area contributed by atoms with Crippen LogP contribution in [-0.4, -0.2) is 21.5 Å². The molecule has 18 heavy (non-hydrogen) atoms. The minimum atomic E-state index is -0.416. The van der Waals surface area contributed by atoms with Gasteiger partial charge in [0.15, 0.2) is 5.78 Å². The number of H-pyrrole nitrogens is 1. The topological polar surface area (TPSA) is 79.9 Å². The van der Waals surface area contributed by atoms with Crippen LogP contribution in [0.3, 0.4) is 0 Å². The predicted octanol–water partition coefficient (Wildman–Crippen LogP) is 0.854. The average Bonchev–Trinajstić information content (AvgIpc) is 2.35. The second kappa shape index (κ2) is 3.46. The summed E-state index contributed by atoms with van der Waals surface area (Å²) in [6.45, 7) is 1.64. The Kier molecular flexibility index (Phi) is 2.04. The number of ketones is 2. The first-order chi connectivity index (χ1) is 8.59. The van der Waals surface area contributed by atoms with Gasteiger partial charge in [0.1, 0.15) is 11.4 Å². The second-order valence-corrected chi connectivity index (χ2v) is 4.12. The van der Waals surface area contributed by atoms with Crippen LogP contribution in [0.15, 0.2) is 29.2 Å². The van der Waals surface area contributed by atoms with Crippen LogP contribution in [0.5, 0.6) is 0 Å². The van der Waals surface area contributed by atoms with Crippen LogP contribution < -0.4 is 5.56 Å². The normalized spacial score (nSPS) is 13.2. The number of aromatic nitrogens is 2. The van der Waals surface area contributed by atoms with Gasteiger partial charge in [-0.25, -0.2) is 0 Å². The van der Waals surface area contributed by atoms with Crippen molar-refractivity contribution in [1.29, 1.82) is 0 Å². The molecule has 0 saturated carbocycles. The van der Waals surface area contributed by atoms with E-state index in [4.69, 9.17) is 0 Å². The van der Waals surface area contributed by atoms with Gasteiger partial charge in [-0.1, -0.05) is 0 Å². The van der Waals surface area contributed by atoms with E-state index in [0.717, 1.165) is 0 Å². The molecule has 0 saturated heterocycles. The third-order valence-corrected chi connectivity index (χ3v) is 2.96. The summed E-state index contributed by atoms with van der Waals surface area (Å²) in [4.78, 5) is 42.2. The second-order valence-electron chi connectivity index (χ2n) is 4.12. The monoisotopic (exact) mass is 240 g/mol. The number of fused-ring (bicyclic) bond motifs is 2. The van der Waals surface area contributed by atoms with Crippen LogP contribution in [0, 0.1) is 6.92 Å². The summed E-state index contributed by atoms with van der Waals surface area (Å²) in [6.07, 6.45) is 1.45. The maximum absolute atomic E-state index is 12.3. The minimum absolute atomic E-state index is 0.0381. The van der Waals surface area contributed by atoms with Crippen molar-refractivity contribution in [2.24, 2.45) is 0 Å². The molecule has 0 aliphatic heterocycles. The Bertz CT molecular complexity index is 759. The lowest BCUT2D eigenvalue weighted by molar-refractivity contribution is 0.0970. The maximum atomic E-state index is 12.3. The van der Waals surface area contributed by atoms with Crippen molar-refractivity contribution in [2.75, 3.05) is 0 Å². The first-order valence-corrected chi connectivity index (χ1v) is 5.38. The molecular weight excluding hydrogens is 232 g/mol. The highest BCUT2D eigenvalue weighted by molar-refractivity contribution is 6.27. The van der Waals surface area contributed by atoms with Gasteiger partial charge in [-0.3, -0.25) is 19.4 Å². The van der Waals surface area contributed by atoms with Crippen molar-refractivity contribution < 1.29 is 9.59 Å². The largest absolute Gasteiger partial charge is 0.318 e. The Morgan fingerprint density at radius 3 is 2.72 bits per heavy atom. The van der Waals surface area contributed by atoms with Crippen LogP contribution in [0.4, 0.5) is 0 Å². The number of aryl methyl sites for hydroxylation is 1. The molecule has 0 radical (unpaired) electrons. The fraction of sp³-hybridized carbons (Fsp3) is 0.0769. The number of nitrogens with one attached hydrogen (secondary N) is 1. The van der Waals surface area contributed by atoms with Gasteiger partial charge in [-0.15, -0.1) is 0 Å². The van der Waals surface area contributed by atoms with E-state index in [0.29, 0.717) is 5.56 Å². The summed E-state index contributed by atoms with van der Waals surface area (Å²) in [6, 6.07) is 4.48. The molecule has 0 spiro atoms. The number of hydrogen-bond donors (Lipinski definition) is 1. The van der Waals surface area contributed by atoms with Crippen molar-refractivity contribution in [3.05, 3.63) is 62.8 Å². The van der Waals surface area contributed by atoms with E-state index in [-0.39, 0.29) is 28.3 Å². The van der Waals surface area contributed by atoms with E-state index in [9.17, 15) is 14.4 Å². The lowest BCUT2D eigenvalue weighted by Gasteiger charge is -2.17. The molecule has 5 heteroatoms. The highest BCUT2D eigenvalue weighted by atomic mass is 16.1. The van der Waals surface area contributed by atoms with Gasteiger partial charge in [0, 0.05) is 12.3 Å². The van der Waals surface area contributed by atoms with Gasteiger partial charge in [0.2, 0.25) is 11.3 Å². The third kappa shape index (κ3) is 1.27. The van der Waals surface area contributed by atoms with Gasteiger partial charge in [-0.2, -0.15) is 0 Å². The molecule has 3 rings (SSSR count). The third-order valence-electron chi connectivity index (χ3n) is 2.96. The zero-order valence-electron chi connectivity index (χ0n) is 9.48. The summed E-state index contributed by atoms with van der Waals surface area (Å²) < 4.78 is 0. The van der Waals surface area contributed by atoms with Crippen LogP contribution in [-0.2, 0) is 0 Å². The lowest BCUT2D eigenvalue weighted by Crippen LogP contribution is -2.27. The van der Waals surface area contributed by atoms with Crippen LogP contribution in [0.1, 0.15) is 37.7 Å². The number of nitrogens with zero attached hydrogens (tertiary/aromatic N) is 1. The number of pyridine rings is 2. The standard InChI is InChI=1S/C13H8N2O3/c1-6-5-8(16)15-11-9(6)12(17)7-3-2-4-14-10(7)13(11)18/h2-5H,1H3,(H,15,16). The molecule has 0 unspecified atom stereocenters. The van der Waals surface area contributed by atoms with Crippen molar-refractivity contribution in [1.82, 2.24) is 9.97 Å². The Morgan fingerprint density at radius 1 is 1.17 bits per heavy atom. The van der Waals surface area contributed by atoms with E-state index in [1.165, 1.54) is 12.3 Å². The van der Waals surface area contributed by atoms with Gasteiger partial charge in [0.05, 0.1) is 11.1 Å². The zero-order valence-corrected chi connectivity index (χ0v) is 9.48. The average molecular weight is 240 g/mol. The molecule has 5 nitrogen and oxygen atoms in total. The summed E-state index contributed by atoms with van der Waals surface area (Å²) in [5.74, 6) is -0.692. The Morgan fingerprint density at radius 2 is 1.94 bits per heavy atom. The molecule has 0 amide bonds. The number of aromatic amines is 1. The molecule has 0 bridgehead atoms. The highest BCUT2D eigenvalue weighted by Gasteiger charge is 2.32. The molecule has 88 valence electrons. The summed E-state index contributed by atoms with van der Waals surface area (Å²) >= 11 is 0. The molecule has 1 N–H and O–H groups in total. The minimum Gasteiger partial charge on any atom is -0.318 e. The molecule has 2 aromatic heterocycles. The van der Waals surface area contributed by atoms with E-state index in [1.54, 1.807) is 19.1 Å². The number of carbonyl (C=O) groups excluding carboxylic acids is 2. The Balaban J connectivity index is 2.41. The van der Waals surface area contributed by atoms with Crippen molar-refractivity contribution >= 4 is 11.6 Å². The van der Waals surface area contributed by atoms with E-state index in [2.05, 4.69) is 9.97 Å². The molecule has 0 atom stereocenters.